The third kappa shape index (κ3) is 3.87. The van der Waals surface area contributed by atoms with Crippen molar-refractivity contribution in [3.05, 3.63) is 29.3 Å². The molecule has 1 aliphatic rings. The van der Waals surface area contributed by atoms with Crippen LogP contribution in [0.5, 0.6) is 5.75 Å². The first-order valence-corrected chi connectivity index (χ1v) is 6.89. The van der Waals surface area contributed by atoms with Crippen molar-refractivity contribution in [2.45, 2.75) is 12.8 Å². The lowest BCUT2D eigenvalue weighted by Crippen LogP contribution is -2.45. The number of likely N-dealkylation sites (tertiary alicyclic amines) is 1. The number of rotatable bonds is 4. The number of carbonyl (C=O) groups excluding carboxylic acids is 2. The van der Waals surface area contributed by atoms with Gasteiger partial charge in [-0.3, -0.25) is 9.59 Å². The van der Waals surface area contributed by atoms with Crippen molar-refractivity contribution >= 4 is 23.4 Å². The normalized spacial score (nSPS) is 18.6. The molecule has 1 aliphatic heterocycles. The molecule has 0 saturated carbocycles. The summed E-state index contributed by atoms with van der Waals surface area (Å²) in [7, 11) is 0. The number of hydrogen-bond donors (Lipinski definition) is 1. The maximum atomic E-state index is 12.0. The molecule has 6 heteroatoms. The van der Waals surface area contributed by atoms with Crippen molar-refractivity contribution in [1.29, 1.82) is 0 Å². The van der Waals surface area contributed by atoms with E-state index in [4.69, 9.17) is 22.1 Å². The highest BCUT2D eigenvalue weighted by Gasteiger charge is 2.26. The lowest BCUT2D eigenvalue weighted by atomic mass is 9.97. The van der Waals surface area contributed by atoms with Gasteiger partial charge in [-0.2, -0.15) is 0 Å². The molecule has 5 nitrogen and oxygen atoms in total. The molecule has 0 aromatic heterocycles. The van der Waals surface area contributed by atoms with Gasteiger partial charge in [0.2, 0.25) is 5.91 Å². The Labute approximate surface area is 122 Å². The van der Waals surface area contributed by atoms with E-state index in [0.29, 0.717) is 23.9 Å². The van der Waals surface area contributed by atoms with Crippen molar-refractivity contribution in [2.24, 2.45) is 11.7 Å². The van der Waals surface area contributed by atoms with Gasteiger partial charge in [0.15, 0.2) is 6.61 Å². The lowest BCUT2D eigenvalue weighted by molar-refractivity contribution is -0.136. The summed E-state index contributed by atoms with van der Waals surface area (Å²) >= 11 is 5.77. The fourth-order valence-corrected chi connectivity index (χ4v) is 2.33. The molecule has 0 unspecified atom stereocenters. The average molecular weight is 297 g/mol. The Kier molecular flexibility index (Phi) is 4.84. The molecular formula is C14H17ClN2O3. The lowest BCUT2D eigenvalue weighted by Gasteiger charge is -2.31. The van der Waals surface area contributed by atoms with E-state index in [1.54, 1.807) is 29.2 Å². The molecule has 1 fully saturated rings. The molecule has 0 bridgehead atoms. The number of halogens is 1. The predicted molar refractivity (Wildman–Crippen MR) is 75.4 cm³/mol. The molecule has 20 heavy (non-hydrogen) atoms. The summed E-state index contributed by atoms with van der Waals surface area (Å²) in [5, 5.41) is 0.615. The molecule has 1 aromatic carbocycles. The predicted octanol–water partition coefficient (Wildman–Crippen LogP) is 1.44. The van der Waals surface area contributed by atoms with Crippen LogP contribution in [0.1, 0.15) is 12.8 Å². The highest BCUT2D eigenvalue weighted by atomic mass is 35.5. The van der Waals surface area contributed by atoms with E-state index in [1.807, 2.05) is 0 Å². The number of piperidine rings is 1. The van der Waals surface area contributed by atoms with Crippen LogP contribution in [-0.2, 0) is 9.59 Å². The summed E-state index contributed by atoms with van der Waals surface area (Å²) in [6, 6.07) is 6.81. The molecule has 2 amide bonds. The molecule has 1 saturated heterocycles. The monoisotopic (exact) mass is 296 g/mol. The second kappa shape index (κ2) is 6.61. The van der Waals surface area contributed by atoms with E-state index < -0.39 is 0 Å². The number of ether oxygens (including phenoxy) is 1. The maximum absolute atomic E-state index is 12.0. The van der Waals surface area contributed by atoms with Crippen LogP contribution in [0.25, 0.3) is 0 Å². The molecule has 108 valence electrons. The first-order chi connectivity index (χ1) is 9.56. The number of hydrogen-bond acceptors (Lipinski definition) is 3. The van der Waals surface area contributed by atoms with Crippen LogP contribution in [0.4, 0.5) is 0 Å². The number of primary amides is 1. The summed E-state index contributed by atoms with van der Waals surface area (Å²) in [5.41, 5.74) is 5.29. The Balaban J connectivity index is 1.85. The summed E-state index contributed by atoms with van der Waals surface area (Å²) in [5.74, 6) is -0.138. The first-order valence-electron chi connectivity index (χ1n) is 6.51. The van der Waals surface area contributed by atoms with Gasteiger partial charge >= 0.3 is 0 Å². The van der Waals surface area contributed by atoms with Gasteiger partial charge in [0.25, 0.3) is 5.91 Å². The minimum Gasteiger partial charge on any atom is -0.484 e. The van der Waals surface area contributed by atoms with Gasteiger partial charge in [-0.05, 0) is 37.1 Å². The molecule has 1 heterocycles. The van der Waals surface area contributed by atoms with Crippen LogP contribution < -0.4 is 10.5 Å². The number of nitrogens with two attached hydrogens (primary N) is 1. The van der Waals surface area contributed by atoms with Crippen molar-refractivity contribution in [2.75, 3.05) is 19.7 Å². The van der Waals surface area contributed by atoms with E-state index in [-0.39, 0.29) is 24.3 Å². The zero-order valence-corrected chi connectivity index (χ0v) is 11.8. The summed E-state index contributed by atoms with van der Waals surface area (Å²) in [6.45, 7) is 0.984. The molecule has 0 spiro atoms. The van der Waals surface area contributed by atoms with Crippen LogP contribution in [0.3, 0.4) is 0 Å². The minimum atomic E-state index is -0.346. The van der Waals surface area contributed by atoms with Crippen molar-refractivity contribution in [3.63, 3.8) is 0 Å². The van der Waals surface area contributed by atoms with Gasteiger partial charge in [0, 0.05) is 18.1 Å². The van der Waals surface area contributed by atoms with Gasteiger partial charge in [0.1, 0.15) is 5.75 Å². The van der Waals surface area contributed by atoms with Crippen molar-refractivity contribution in [1.82, 2.24) is 4.90 Å². The molecule has 0 aliphatic carbocycles. The summed E-state index contributed by atoms with van der Waals surface area (Å²) < 4.78 is 5.41. The fourth-order valence-electron chi connectivity index (χ4n) is 2.20. The quantitative estimate of drug-likeness (QED) is 0.914. The summed E-state index contributed by atoms with van der Waals surface area (Å²) in [4.78, 5) is 24.8. The molecule has 2 rings (SSSR count). The van der Waals surface area contributed by atoms with Gasteiger partial charge in [0.05, 0.1) is 5.92 Å². The second-order valence-electron chi connectivity index (χ2n) is 4.82. The van der Waals surface area contributed by atoms with E-state index >= 15 is 0 Å². The van der Waals surface area contributed by atoms with Crippen LogP contribution in [0.2, 0.25) is 5.02 Å². The molecule has 1 atom stereocenters. The number of nitrogens with zero attached hydrogens (tertiary/aromatic N) is 1. The zero-order valence-electron chi connectivity index (χ0n) is 11.0. The smallest absolute Gasteiger partial charge is 0.260 e. The Morgan fingerprint density at radius 1 is 1.35 bits per heavy atom. The Hall–Kier alpha value is -1.75. The third-order valence-electron chi connectivity index (χ3n) is 3.35. The van der Waals surface area contributed by atoms with Crippen LogP contribution in [0, 0.1) is 5.92 Å². The largest absolute Gasteiger partial charge is 0.484 e. The van der Waals surface area contributed by atoms with Gasteiger partial charge in [-0.25, -0.2) is 0 Å². The van der Waals surface area contributed by atoms with Gasteiger partial charge in [-0.15, -0.1) is 0 Å². The second-order valence-corrected chi connectivity index (χ2v) is 5.26. The molecule has 1 aromatic rings. The molecular weight excluding hydrogens is 280 g/mol. The standard InChI is InChI=1S/C14H17ClN2O3/c15-11-3-5-12(6-4-11)20-9-13(18)17-7-1-2-10(8-17)14(16)19/h3-6,10H,1-2,7-9H2,(H2,16,19)/t10-/m1/s1. The Morgan fingerprint density at radius 2 is 2.05 bits per heavy atom. The van der Waals surface area contributed by atoms with E-state index in [0.717, 1.165) is 12.8 Å². The average Bonchev–Trinajstić information content (AvgIpc) is 2.46. The van der Waals surface area contributed by atoms with Crippen LogP contribution >= 0.6 is 11.6 Å². The molecule has 2 N–H and O–H groups in total. The van der Waals surface area contributed by atoms with Crippen molar-refractivity contribution in [3.8, 4) is 5.75 Å². The maximum Gasteiger partial charge on any atom is 0.260 e. The highest BCUT2D eigenvalue weighted by Crippen LogP contribution is 2.18. The zero-order chi connectivity index (χ0) is 14.5. The third-order valence-corrected chi connectivity index (χ3v) is 3.60. The van der Waals surface area contributed by atoms with E-state index in [2.05, 4.69) is 0 Å². The van der Waals surface area contributed by atoms with E-state index in [1.165, 1.54) is 0 Å². The Morgan fingerprint density at radius 3 is 2.70 bits per heavy atom. The first kappa shape index (κ1) is 14.7. The van der Waals surface area contributed by atoms with Crippen LogP contribution in [0.15, 0.2) is 24.3 Å². The highest BCUT2D eigenvalue weighted by molar-refractivity contribution is 6.30. The molecule has 0 radical (unpaired) electrons. The van der Waals surface area contributed by atoms with Gasteiger partial charge < -0.3 is 15.4 Å². The SMILES string of the molecule is NC(=O)[C@@H]1CCCN(C(=O)COc2ccc(Cl)cc2)C1. The number of benzene rings is 1. The van der Waals surface area contributed by atoms with E-state index in [9.17, 15) is 9.59 Å². The van der Waals surface area contributed by atoms with Crippen molar-refractivity contribution < 1.29 is 14.3 Å². The number of amides is 2. The Bertz CT molecular complexity index is 490. The van der Waals surface area contributed by atoms with Gasteiger partial charge in [-0.1, -0.05) is 11.6 Å². The number of carbonyl (C=O) groups is 2. The minimum absolute atomic E-state index is 0.0485. The van der Waals surface area contributed by atoms with Crippen LogP contribution in [-0.4, -0.2) is 36.4 Å². The topological polar surface area (TPSA) is 72.6 Å². The fraction of sp³-hybridized carbons (Fsp3) is 0.429. The summed E-state index contributed by atoms with van der Waals surface area (Å²) in [6.07, 6.45) is 1.54.